The lowest BCUT2D eigenvalue weighted by Crippen LogP contribution is -2.33. The van der Waals surface area contributed by atoms with Gasteiger partial charge in [0.05, 0.1) is 12.6 Å². The molecule has 0 bridgehead atoms. The molecule has 2 rings (SSSR count). The minimum absolute atomic E-state index is 0.265. The minimum atomic E-state index is 0.265. The van der Waals surface area contributed by atoms with Crippen molar-refractivity contribution in [3.63, 3.8) is 0 Å². The van der Waals surface area contributed by atoms with Crippen molar-refractivity contribution >= 4 is 5.78 Å². The summed E-state index contributed by atoms with van der Waals surface area (Å²) in [7, 11) is 1.99. The number of ketones is 1. The van der Waals surface area contributed by atoms with Crippen molar-refractivity contribution in [3.8, 4) is 0 Å². The molecule has 1 unspecified atom stereocenters. The second-order valence-electron chi connectivity index (χ2n) is 5.03. The lowest BCUT2D eigenvalue weighted by atomic mass is 10.1. The molecule has 18 heavy (non-hydrogen) atoms. The molecular formula is C15H21NO2. The number of hydrogen-bond acceptors (Lipinski definition) is 3. The van der Waals surface area contributed by atoms with Gasteiger partial charge in [0.2, 0.25) is 0 Å². The summed E-state index contributed by atoms with van der Waals surface area (Å²) < 4.78 is 5.57. The number of benzene rings is 1. The zero-order valence-electron chi connectivity index (χ0n) is 11.0. The van der Waals surface area contributed by atoms with E-state index in [9.17, 15) is 4.79 Å². The van der Waals surface area contributed by atoms with Crippen LogP contribution in [0.5, 0.6) is 0 Å². The molecule has 0 radical (unpaired) electrons. The fourth-order valence-corrected chi connectivity index (χ4v) is 2.38. The highest BCUT2D eigenvalue weighted by Crippen LogP contribution is 2.12. The van der Waals surface area contributed by atoms with Crippen molar-refractivity contribution < 1.29 is 9.53 Å². The van der Waals surface area contributed by atoms with Crippen LogP contribution in [0, 0.1) is 0 Å². The smallest absolute Gasteiger partial charge is 0.151 e. The molecular weight excluding hydrogens is 226 g/mol. The number of ether oxygens (including phenoxy) is 1. The van der Waals surface area contributed by atoms with E-state index in [0.717, 1.165) is 31.6 Å². The van der Waals surface area contributed by atoms with Gasteiger partial charge in [0.15, 0.2) is 5.78 Å². The van der Waals surface area contributed by atoms with E-state index in [1.807, 2.05) is 37.4 Å². The molecule has 0 aromatic heterocycles. The Balaban J connectivity index is 1.73. The maximum Gasteiger partial charge on any atom is 0.151 e. The summed E-state index contributed by atoms with van der Waals surface area (Å²) in [6.07, 6.45) is 3.12. The van der Waals surface area contributed by atoms with Gasteiger partial charge in [-0.2, -0.15) is 0 Å². The first kappa shape index (κ1) is 13.2. The van der Waals surface area contributed by atoms with Gasteiger partial charge in [0.1, 0.15) is 0 Å². The van der Waals surface area contributed by atoms with Crippen LogP contribution in [0.1, 0.15) is 18.4 Å². The summed E-state index contributed by atoms with van der Waals surface area (Å²) in [4.78, 5) is 14.0. The Hall–Kier alpha value is -1.19. The van der Waals surface area contributed by atoms with Crippen molar-refractivity contribution in [1.29, 1.82) is 0 Å². The first-order chi connectivity index (χ1) is 8.74. The number of hydrogen-bond donors (Lipinski definition) is 0. The predicted octanol–water partition coefficient (Wildman–Crippen LogP) is 1.91. The van der Waals surface area contributed by atoms with Crippen LogP contribution in [0.25, 0.3) is 0 Å². The highest BCUT2D eigenvalue weighted by atomic mass is 16.5. The fourth-order valence-electron chi connectivity index (χ4n) is 2.38. The van der Waals surface area contributed by atoms with Crippen molar-refractivity contribution in [2.45, 2.75) is 25.4 Å². The molecule has 1 fully saturated rings. The number of nitrogens with zero attached hydrogens (tertiary/aromatic N) is 1. The van der Waals surface area contributed by atoms with E-state index >= 15 is 0 Å². The molecule has 1 aliphatic heterocycles. The van der Waals surface area contributed by atoms with Gasteiger partial charge in [-0.1, -0.05) is 30.3 Å². The molecule has 0 amide bonds. The first-order valence-corrected chi connectivity index (χ1v) is 6.60. The third-order valence-corrected chi connectivity index (χ3v) is 3.23. The van der Waals surface area contributed by atoms with Crippen LogP contribution in [-0.4, -0.2) is 43.5 Å². The van der Waals surface area contributed by atoms with E-state index in [1.54, 1.807) is 0 Å². The summed E-state index contributed by atoms with van der Waals surface area (Å²) in [6.45, 7) is 2.24. The van der Waals surface area contributed by atoms with Crippen LogP contribution in [0.3, 0.4) is 0 Å². The largest absolute Gasteiger partial charge is 0.377 e. The molecule has 1 aromatic carbocycles. The van der Waals surface area contributed by atoms with E-state index in [-0.39, 0.29) is 5.78 Å². The van der Waals surface area contributed by atoms with E-state index in [0.29, 0.717) is 19.1 Å². The van der Waals surface area contributed by atoms with E-state index in [2.05, 4.69) is 4.90 Å². The number of carbonyl (C=O) groups excluding carboxylic acids is 1. The van der Waals surface area contributed by atoms with Crippen LogP contribution in [0.15, 0.2) is 30.3 Å². The highest BCUT2D eigenvalue weighted by Gasteiger charge is 2.18. The molecule has 1 saturated heterocycles. The second kappa shape index (κ2) is 6.66. The summed E-state index contributed by atoms with van der Waals surface area (Å²) in [5, 5.41) is 0. The summed E-state index contributed by atoms with van der Waals surface area (Å²) >= 11 is 0. The minimum Gasteiger partial charge on any atom is -0.377 e. The summed E-state index contributed by atoms with van der Waals surface area (Å²) in [5.41, 5.74) is 1.09. The number of Topliss-reactive ketones (excluding diaryl/α,β-unsaturated/α-hetero) is 1. The molecule has 0 N–H and O–H groups in total. The molecule has 1 aromatic rings. The topological polar surface area (TPSA) is 29.5 Å². The molecule has 1 aliphatic rings. The Morgan fingerprint density at radius 2 is 2.17 bits per heavy atom. The Labute approximate surface area is 109 Å². The lowest BCUT2D eigenvalue weighted by molar-refractivity contribution is -0.119. The molecule has 3 heteroatoms. The SMILES string of the molecule is CN(CC(=O)Cc1ccccc1)CC1CCCO1. The quantitative estimate of drug-likeness (QED) is 0.769. The molecule has 1 atom stereocenters. The molecule has 3 nitrogen and oxygen atoms in total. The Morgan fingerprint density at radius 1 is 1.39 bits per heavy atom. The molecule has 98 valence electrons. The monoisotopic (exact) mass is 247 g/mol. The number of carbonyl (C=O) groups is 1. The van der Waals surface area contributed by atoms with Crippen LogP contribution in [0.2, 0.25) is 0 Å². The van der Waals surface area contributed by atoms with Gasteiger partial charge in [-0.25, -0.2) is 0 Å². The molecule has 0 saturated carbocycles. The van der Waals surface area contributed by atoms with E-state index in [1.165, 1.54) is 0 Å². The average Bonchev–Trinajstić information content (AvgIpc) is 2.82. The van der Waals surface area contributed by atoms with E-state index < -0.39 is 0 Å². The first-order valence-electron chi connectivity index (χ1n) is 6.60. The van der Waals surface area contributed by atoms with E-state index in [4.69, 9.17) is 4.74 Å². The average molecular weight is 247 g/mol. The summed E-state index contributed by atoms with van der Waals surface area (Å²) in [5.74, 6) is 0.265. The Bertz CT molecular complexity index is 371. The zero-order chi connectivity index (χ0) is 12.8. The van der Waals surface area contributed by atoms with Gasteiger partial charge in [0.25, 0.3) is 0 Å². The van der Waals surface area contributed by atoms with Gasteiger partial charge in [0, 0.05) is 19.6 Å². The molecule has 0 spiro atoms. The standard InChI is InChI=1S/C15H21NO2/c1-16(12-15-8-5-9-18-15)11-14(17)10-13-6-3-2-4-7-13/h2-4,6-7,15H,5,8-12H2,1H3. The van der Waals surface area contributed by atoms with Crippen LogP contribution in [-0.2, 0) is 16.0 Å². The van der Waals surface area contributed by atoms with Gasteiger partial charge in [-0.05, 0) is 25.5 Å². The predicted molar refractivity (Wildman–Crippen MR) is 71.6 cm³/mol. The fraction of sp³-hybridized carbons (Fsp3) is 0.533. The molecule has 0 aliphatic carbocycles. The van der Waals surface area contributed by atoms with Gasteiger partial charge >= 0.3 is 0 Å². The second-order valence-corrected chi connectivity index (χ2v) is 5.03. The summed E-state index contributed by atoms with van der Waals surface area (Å²) in [6, 6.07) is 9.91. The third-order valence-electron chi connectivity index (χ3n) is 3.23. The van der Waals surface area contributed by atoms with Crippen molar-refractivity contribution in [2.24, 2.45) is 0 Å². The molecule has 1 heterocycles. The maximum absolute atomic E-state index is 11.9. The third kappa shape index (κ3) is 4.24. The van der Waals surface area contributed by atoms with Crippen molar-refractivity contribution in [2.75, 3.05) is 26.7 Å². The zero-order valence-corrected chi connectivity index (χ0v) is 11.0. The van der Waals surface area contributed by atoms with Gasteiger partial charge < -0.3 is 4.74 Å². The lowest BCUT2D eigenvalue weighted by Gasteiger charge is -2.19. The number of likely N-dealkylation sites (N-methyl/N-ethyl adjacent to an activating group) is 1. The highest BCUT2D eigenvalue weighted by molar-refractivity contribution is 5.82. The van der Waals surface area contributed by atoms with Crippen LogP contribution in [0.4, 0.5) is 0 Å². The number of rotatable bonds is 6. The normalized spacial score (nSPS) is 19.3. The van der Waals surface area contributed by atoms with Crippen LogP contribution < -0.4 is 0 Å². The van der Waals surface area contributed by atoms with Crippen molar-refractivity contribution in [3.05, 3.63) is 35.9 Å². The van der Waals surface area contributed by atoms with Crippen LogP contribution >= 0.6 is 0 Å². The Morgan fingerprint density at radius 3 is 2.83 bits per heavy atom. The van der Waals surface area contributed by atoms with Crippen molar-refractivity contribution in [1.82, 2.24) is 4.90 Å². The van der Waals surface area contributed by atoms with Gasteiger partial charge in [-0.15, -0.1) is 0 Å². The van der Waals surface area contributed by atoms with Gasteiger partial charge in [-0.3, -0.25) is 9.69 Å². The Kier molecular flexibility index (Phi) is 4.90. The maximum atomic E-state index is 11.9.